The molecule has 0 fully saturated rings. The van der Waals surface area contributed by atoms with Gasteiger partial charge in [0.2, 0.25) is 0 Å². The normalized spacial score (nSPS) is 19.6. The Morgan fingerprint density at radius 2 is 1.84 bits per heavy atom. The molecule has 6 nitrogen and oxygen atoms in total. The second kappa shape index (κ2) is 11.9. The Kier molecular flexibility index (Phi) is 9.60. The minimum absolute atomic E-state index is 0.0208. The van der Waals surface area contributed by atoms with Crippen LogP contribution in [0.4, 0.5) is 11.4 Å². The lowest BCUT2D eigenvalue weighted by atomic mass is 9.85. The third-order valence-corrected chi connectivity index (χ3v) is 5.83. The number of hydrogen-bond acceptors (Lipinski definition) is 5. The Bertz CT molecular complexity index is 852. The summed E-state index contributed by atoms with van der Waals surface area (Å²) in [6, 6.07) is 6.24. The molecule has 0 saturated heterocycles. The first-order valence-electron chi connectivity index (χ1n) is 12.1. The van der Waals surface area contributed by atoms with Crippen LogP contribution in [-0.2, 0) is 4.79 Å². The van der Waals surface area contributed by atoms with Crippen molar-refractivity contribution < 1.29 is 4.79 Å². The molecule has 0 aliphatic carbocycles. The third kappa shape index (κ3) is 6.27. The van der Waals surface area contributed by atoms with Gasteiger partial charge in [-0.05, 0) is 62.8 Å². The van der Waals surface area contributed by atoms with E-state index in [0.717, 1.165) is 37.2 Å². The number of hydrogen-bond donors (Lipinski definition) is 0. The van der Waals surface area contributed by atoms with E-state index >= 15 is 0 Å². The zero-order chi connectivity index (χ0) is 23.8. The van der Waals surface area contributed by atoms with E-state index in [0.29, 0.717) is 5.84 Å². The Morgan fingerprint density at radius 3 is 2.38 bits per heavy atom. The van der Waals surface area contributed by atoms with Crippen LogP contribution in [0, 0.1) is 24.7 Å². The van der Waals surface area contributed by atoms with E-state index < -0.39 is 0 Å². The van der Waals surface area contributed by atoms with Crippen molar-refractivity contribution in [3.63, 3.8) is 0 Å². The SMILES string of the molecule is CCCC1C(=O)N(/N=C/C(C)C)C(C=Nc2ccc(N(CC)CC)cc2C)=NC1C(C)C. The zero-order valence-electron chi connectivity index (χ0n) is 21.2. The van der Waals surface area contributed by atoms with Gasteiger partial charge in [0.25, 0.3) is 5.91 Å². The lowest BCUT2D eigenvalue weighted by Crippen LogP contribution is -2.48. The van der Waals surface area contributed by atoms with Crippen LogP contribution in [0.3, 0.4) is 0 Å². The fraction of sp³-hybridized carbons (Fsp3) is 0.615. The van der Waals surface area contributed by atoms with Gasteiger partial charge in [-0.25, -0.2) is 0 Å². The molecule has 1 aromatic carbocycles. The van der Waals surface area contributed by atoms with Crippen molar-refractivity contribution in [3.8, 4) is 0 Å². The van der Waals surface area contributed by atoms with Crippen LogP contribution in [0.5, 0.6) is 0 Å². The van der Waals surface area contributed by atoms with E-state index in [-0.39, 0.29) is 29.7 Å². The number of carbonyl (C=O) groups is 1. The molecule has 1 aliphatic rings. The molecular formula is C26H41N5O. The standard InChI is InChI=1S/C26H41N5O/c1-9-12-22-25(19(6)7)29-24(31(26(22)32)28-16-18(4)5)17-27-23-14-13-21(15-20(23)8)30(10-2)11-3/h13-19,22,25H,9-12H2,1-8H3/b27-17?,28-16+. The van der Waals surface area contributed by atoms with Crippen molar-refractivity contribution in [2.45, 2.75) is 74.3 Å². The first-order valence-corrected chi connectivity index (χ1v) is 12.1. The fourth-order valence-corrected chi connectivity index (χ4v) is 4.03. The predicted molar refractivity (Wildman–Crippen MR) is 138 cm³/mol. The van der Waals surface area contributed by atoms with E-state index in [1.807, 2.05) is 19.9 Å². The number of anilines is 1. The summed E-state index contributed by atoms with van der Waals surface area (Å²) in [5.41, 5.74) is 3.16. The Hall–Kier alpha value is -2.50. The summed E-state index contributed by atoms with van der Waals surface area (Å²) >= 11 is 0. The number of benzene rings is 1. The van der Waals surface area contributed by atoms with Crippen LogP contribution >= 0.6 is 0 Å². The summed E-state index contributed by atoms with van der Waals surface area (Å²) in [7, 11) is 0. The molecule has 0 radical (unpaired) electrons. The van der Waals surface area contributed by atoms with Crippen LogP contribution in [0.15, 0.2) is 33.3 Å². The highest BCUT2D eigenvalue weighted by Crippen LogP contribution is 2.29. The first kappa shape index (κ1) is 25.8. The average Bonchev–Trinajstić information content (AvgIpc) is 2.74. The number of rotatable bonds is 10. The minimum atomic E-state index is -0.142. The molecule has 6 heteroatoms. The van der Waals surface area contributed by atoms with E-state index in [9.17, 15) is 4.79 Å². The van der Waals surface area contributed by atoms with Crippen LogP contribution in [0.2, 0.25) is 0 Å². The van der Waals surface area contributed by atoms with Gasteiger partial charge in [-0.1, -0.05) is 41.0 Å². The van der Waals surface area contributed by atoms with E-state index in [1.54, 1.807) is 12.4 Å². The first-order chi connectivity index (χ1) is 15.2. The Balaban J connectivity index is 2.43. The molecule has 176 valence electrons. The summed E-state index contributed by atoms with van der Waals surface area (Å²) in [4.78, 5) is 25.4. The van der Waals surface area contributed by atoms with Crippen LogP contribution < -0.4 is 4.90 Å². The summed E-state index contributed by atoms with van der Waals surface area (Å²) < 4.78 is 0. The third-order valence-electron chi connectivity index (χ3n) is 5.83. The maximum absolute atomic E-state index is 13.4. The number of aryl methyl sites for hydroxylation is 1. The van der Waals surface area contributed by atoms with Crippen molar-refractivity contribution in [3.05, 3.63) is 23.8 Å². The van der Waals surface area contributed by atoms with Gasteiger partial charge in [0.1, 0.15) is 0 Å². The topological polar surface area (TPSA) is 60.6 Å². The second-order valence-corrected chi connectivity index (χ2v) is 9.18. The van der Waals surface area contributed by atoms with Gasteiger partial charge in [-0.15, -0.1) is 0 Å². The van der Waals surface area contributed by atoms with Gasteiger partial charge >= 0.3 is 0 Å². The highest BCUT2D eigenvalue weighted by atomic mass is 16.2. The van der Waals surface area contributed by atoms with Gasteiger partial charge in [-0.3, -0.25) is 14.8 Å². The largest absolute Gasteiger partial charge is 0.372 e. The van der Waals surface area contributed by atoms with Crippen molar-refractivity contribution >= 4 is 35.5 Å². The molecule has 1 heterocycles. The summed E-state index contributed by atoms with van der Waals surface area (Å²) in [6.07, 6.45) is 5.25. The lowest BCUT2D eigenvalue weighted by Gasteiger charge is -2.34. The molecule has 0 N–H and O–H groups in total. The molecule has 2 atom stereocenters. The number of carbonyl (C=O) groups excluding carboxylic acids is 1. The number of nitrogens with zero attached hydrogens (tertiary/aromatic N) is 5. The summed E-state index contributed by atoms with van der Waals surface area (Å²) in [6.45, 7) is 18.8. The molecule has 1 aliphatic heterocycles. The van der Waals surface area contributed by atoms with Crippen molar-refractivity contribution in [2.75, 3.05) is 18.0 Å². The molecule has 1 aromatic rings. The van der Waals surface area contributed by atoms with Gasteiger partial charge in [-0.2, -0.15) is 10.1 Å². The highest BCUT2D eigenvalue weighted by molar-refractivity contribution is 6.33. The molecule has 2 rings (SSSR count). The maximum Gasteiger partial charge on any atom is 0.254 e. The minimum Gasteiger partial charge on any atom is -0.372 e. The van der Waals surface area contributed by atoms with Crippen molar-refractivity contribution in [2.24, 2.45) is 32.8 Å². The van der Waals surface area contributed by atoms with Gasteiger partial charge < -0.3 is 4.90 Å². The molecule has 0 saturated carbocycles. The fourth-order valence-electron chi connectivity index (χ4n) is 4.03. The average molecular weight is 440 g/mol. The van der Waals surface area contributed by atoms with Crippen LogP contribution in [-0.4, -0.2) is 48.3 Å². The number of hydrazone groups is 1. The number of amides is 1. The smallest absolute Gasteiger partial charge is 0.254 e. The van der Waals surface area contributed by atoms with Crippen molar-refractivity contribution in [1.82, 2.24) is 5.01 Å². The maximum atomic E-state index is 13.4. The van der Waals surface area contributed by atoms with E-state index in [1.165, 1.54) is 10.7 Å². The quantitative estimate of drug-likeness (QED) is 0.428. The highest BCUT2D eigenvalue weighted by Gasteiger charge is 2.39. The lowest BCUT2D eigenvalue weighted by molar-refractivity contribution is -0.133. The van der Waals surface area contributed by atoms with Gasteiger partial charge in [0.15, 0.2) is 5.84 Å². The number of amidine groups is 1. The van der Waals surface area contributed by atoms with Crippen LogP contribution in [0.1, 0.15) is 66.9 Å². The molecule has 0 spiro atoms. The molecule has 0 aromatic heterocycles. The molecular weight excluding hydrogens is 398 g/mol. The van der Waals surface area contributed by atoms with Gasteiger partial charge in [0.05, 0.1) is 23.9 Å². The monoisotopic (exact) mass is 439 g/mol. The second-order valence-electron chi connectivity index (χ2n) is 9.18. The molecule has 2 unspecified atom stereocenters. The van der Waals surface area contributed by atoms with E-state index in [2.05, 4.69) is 63.7 Å². The Labute approximate surface area is 194 Å². The van der Waals surface area contributed by atoms with Crippen molar-refractivity contribution in [1.29, 1.82) is 0 Å². The van der Waals surface area contributed by atoms with Crippen LogP contribution in [0.25, 0.3) is 0 Å². The Morgan fingerprint density at radius 1 is 1.16 bits per heavy atom. The summed E-state index contributed by atoms with van der Waals surface area (Å²) in [5.74, 6) is 0.905. The number of aliphatic imine (C=N–C) groups is 2. The van der Waals surface area contributed by atoms with Gasteiger partial charge in [0, 0.05) is 25.0 Å². The van der Waals surface area contributed by atoms with E-state index in [4.69, 9.17) is 9.98 Å². The molecule has 0 bridgehead atoms. The zero-order valence-corrected chi connectivity index (χ0v) is 21.2. The predicted octanol–water partition coefficient (Wildman–Crippen LogP) is 5.87. The molecule has 1 amide bonds. The molecule has 32 heavy (non-hydrogen) atoms. The summed E-state index contributed by atoms with van der Waals surface area (Å²) in [5, 5.41) is 5.96.